The van der Waals surface area contributed by atoms with Gasteiger partial charge < -0.3 is 14.8 Å². The molecular weight excluding hydrogens is 452 g/mol. The van der Waals surface area contributed by atoms with E-state index in [-0.39, 0.29) is 22.4 Å². The van der Waals surface area contributed by atoms with E-state index in [1.54, 1.807) is 51.5 Å². The minimum atomic E-state index is -3.90. The molecular formula is C26H30N2O5S. The third-order valence-corrected chi connectivity index (χ3v) is 7.14. The van der Waals surface area contributed by atoms with Gasteiger partial charge in [-0.25, -0.2) is 8.42 Å². The van der Waals surface area contributed by atoms with E-state index >= 15 is 0 Å². The van der Waals surface area contributed by atoms with Gasteiger partial charge in [-0.15, -0.1) is 0 Å². The number of sulfonamides is 1. The number of nitrogens with one attached hydrogen (secondary N) is 2. The Bertz CT molecular complexity index is 1320. The van der Waals surface area contributed by atoms with Gasteiger partial charge in [0, 0.05) is 5.56 Å². The van der Waals surface area contributed by atoms with Gasteiger partial charge in [-0.1, -0.05) is 24.3 Å². The quantitative estimate of drug-likeness (QED) is 0.475. The second-order valence-corrected chi connectivity index (χ2v) is 9.86. The van der Waals surface area contributed by atoms with Crippen molar-refractivity contribution in [3.63, 3.8) is 0 Å². The first kappa shape index (κ1) is 25.1. The summed E-state index contributed by atoms with van der Waals surface area (Å²) in [6.45, 7) is 7.27. The van der Waals surface area contributed by atoms with E-state index in [0.29, 0.717) is 22.7 Å². The van der Waals surface area contributed by atoms with Crippen molar-refractivity contribution < 1.29 is 22.7 Å². The van der Waals surface area contributed by atoms with Gasteiger partial charge in [-0.2, -0.15) is 0 Å². The number of hydrogen-bond donors (Lipinski definition) is 2. The summed E-state index contributed by atoms with van der Waals surface area (Å²) >= 11 is 0. The van der Waals surface area contributed by atoms with Crippen LogP contribution in [0.4, 0.5) is 5.69 Å². The highest BCUT2D eigenvalue weighted by atomic mass is 32.2. The molecule has 0 fully saturated rings. The molecule has 1 amide bonds. The molecule has 2 N–H and O–H groups in total. The maximum Gasteiger partial charge on any atom is 0.262 e. The van der Waals surface area contributed by atoms with Crippen molar-refractivity contribution in [3.8, 4) is 11.5 Å². The molecule has 0 heterocycles. The zero-order valence-electron chi connectivity index (χ0n) is 20.2. The maximum absolute atomic E-state index is 13.2. The van der Waals surface area contributed by atoms with Crippen LogP contribution in [0.3, 0.4) is 0 Å². The average molecular weight is 483 g/mol. The molecule has 3 aromatic carbocycles. The van der Waals surface area contributed by atoms with E-state index < -0.39 is 10.0 Å². The normalized spacial score (nSPS) is 12.1. The summed E-state index contributed by atoms with van der Waals surface area (Å²) in [5, 5.41) is 2.92. The maximum atomic E-state index is 13.2. The van der Waals surface area contributed by atoms with Crippen molar-refractivity contribution in [2.75, 3.05) is 18.9 Å². The largest absolute Gasteiger partial charge is 0.493 e. The van der Waals surface area contributed by atoms with Crippen molar-refractivity contribution >= 4 is 21.6 Å². The Morgan fingerprint density at radius 3 is 2.21 bits per heavy atom. The number of ether oxygens (including phenoxy) is 2. The molecule has 0 aliphatic heterocycles. The second kappa shape index (κ2) is 10.2. The van der Waals surface area contributed by atoms with Crippen LogP contribution >= 0.6 is 0 Å². The van der Waals surface area contributed by atoms with Crippen LogP contribution < -0.4 is 19.5 Å². The highest BCUT2D eigenvalue weighted by Crippen LogP contribution is 2.30. The van der Waals surface area contributed by atoms with Gasteiger partial charge in [0.2, 0.25) is 0 Å². The number of rotatable bonds is 8. The zero-order chi connectivity index (χ0) is 25.0. The highest BCUT2D eigenvalue weighted by molar-refractivity contribution is 7.92. The minimum absolute atomic E-state index is 0.0554. The van der Waals surface area contributed by atoms with Gasteiger partial charge in [0.1, 0.15) is 0 Å². The summed E-state index contributed by atoms with van der Waals surface area (Å²) in [6, 6.07) is 15.3. The summed E-state index contributed by atoms with van der Waals surface area (Å²) in [6.07, 6.45) is 0. The smallest absolute Gasteiger partial charge is 0.262 e. The van der Waals surface area contributed by atoms with Crippen molar-refractivity contribution in [3.05, 3.63) is 82.4 Å². The molecule has 180 valence electrons. The van der Waals surface area contributed by atoms with Crippen LogP contribution in [-0.4, -0.2) is 28.5 Å². The standard InChI is InChI=1S/C26H30N2O5S/c1-16-7-8-17(2)22(13-16)28-34(30,31)25-15-21(10-9-18(25)3)26(29)27-19(4)20-11-12-23(32-5)24(14-20)33-6/h7-15,19,28H,1-6H3,(H,27,29)/t19-/m0/s1. The number of carbonyl (C=O) groups is 1. The van der Waals surface area contributed by atoms with Crippen LogP contribution in [-0.2, 0) is 10.0 Å². The van der Waals surface area contributed by atoms with Gasteiger partial charge in [0.15, 0.2) is 11.5 Å². The molecule has 1 atom stereocenters. The molecule has 34 heavy (non-hydrogen) atoms. The molecule has 0 bridgehead atoms. The molecule has 0 aliphatic carbocycles. The number of amides is 1. The van der Waals surface area contributed by atoms with E-state index in [9.17, 15) is 13.2 Å². The number of aryl methyl sites for hydroxylation is 3. The lowest BCUT2D eigenvalue weighted by atomic mass is 10.1. The highest BCUT2D eigenvalue weighted by Gasteiger charge is 2.21. The van der Waals surface area contributed by atoms with Gasteiger partial charge in [-0.3, -0.25) is 9.52 Å². The van der Waals surface area contributed by atoms with Crippen molar-refractivity contribution in [1.82, 2.24) is 5.32 Å². The number of benzene rings is 3. The van der Waals surface area contributed by atoms with Gasteiger partial charge in [0.05, 0.1) is 30.8 Å². The number of anilines is 1. The Labute approximate surface area is 201 Å². The number of hydrogen-bond acceptors (Lipinski definition) is 5. The van der Waals surface area contributed by atoms with Crippen LogP contribution in [0.25, 0.3) is 0 Å². The summed E-state index contributed by atoms with van der Waals surface area (Å²) < 4.78 is 39.6. The van der Waals surface area contributed by atoms with Crippen LogP contribution in [0, 0.1) is 20.8 Å². The fourth-order valence-corrected chi connectivity index (χ4v) is 4.96. The molecule has 0 saturated heterocycles. The summed E-state index contributed by atoms with van der Waals surface area (Å²) in [7, 11) is -0.794. The first-order chi connectivity index (χ1) is 16.1. The third-order valence-electron chi connectivity index (χ3n) is 5.63. The molecule has 7 nitrogen and oxygen atoms in total. The molecule has 0 aliphatic rings. The van der Waals surface area contributed by atoms with Crippen molar-refractivity contribution in [1.29, 1.82) is 0 Å². The van der Waals surface area contributed by atoms with E-state index in [2.05, 4.69) is 10.0 Å². The first-order valence-electron chi connectivity index (χ1n) is 10.8. The molecule has 3 aromatic rings. The van der Waals surface area contributed by atoms with Crippen LogP contribution in [0.2, 0.25) is 0 Å². The first-order valence-corrected chi connectivity index (χ1v) is 12.3. The van der Waals surface area contributed by atoms with E-state index in [0.717, 1.165) is 16.7 Å². The Balaban J connectivity index is 1.85. The lowest BCUT2D eigenvalue weighted by Crippen LogP contribution is -2.27. The van der Waals surface area contributed by atoms with Crippen molar-refractivity contribution in [2.24, 2.45) is 0 Å². The van der Waals surface area contributed by atoms with Gasteiger partial charge in [-0.05, 0) is 80.3 Å². The number of methoxy groups -OCH3 is 2. The molecule has 0 aromatic heterocycles. The van der Waals surface area contributed by atoms with Crippen LogP contribution in [0.15, 0.2) is 59.5 Å². The average Bonchev–Trinajstić information content (AvgIpc) is 2.80. The van der Waals surface area contributed by atoms with E-state index in [1.165, 1.54) is 6.07 Å². The second-order valence-electron chi connectivity index (χ2n) is 8.21. The number of carbonyl (C=O) groups excluding carboxylic acids is 1. The Morgan fingerprint density at radius 1 is 0.853 bits per heavy atom. The van der Waals surface area contributed by atoms with E-state index in [1.807, 2.05) is 39.0 Å². The van der Waals surface area contributed by atoms with Crippen molar-refractivity contribution in [2.45, 2.75) is 38.6 Å². The Morgan fingerprint density at radius 2 is 1.53 bits per heavy atom. The summed E-state index contributed by atoms with van der Waals surface area (Å²) in [4.78, 5) is 13.0. The SMILES string of the molecule is COc1ccc([C@H](C)NC(=O)c2ccc(C)c(S(=O)(=O)Nc3cc(C)ccc3C)c2)cc1OC. The third kappa shape index (κ3) is 5.51. The lowest BCUT2D eigenvalue weighted by molar-refractivity contribution is 0.0939. The lowest BCUT2D eigenvalue weighted by Gasteiger charge is -2.17. The molecule has 0 radical (unpaired) electrons. The van der Waals surface area contributed by atoms with Gasteiger partial charge in [0.25, 0.3) is 15.9 Å². The fraction of sp³-hybridized carbons (Fsp3) is 0.269. The molecule has 3 rings (SSSR count). The predicted octanol–water partition coefficient (Wildman–Crippen LogP) is 4.92. The summed E-state index contributed by atoms with van der Waals surface area (Å²) in [5.74, 6) is 0.766. The topological polar surface area (TPSA) is 93.7 Å². The fourth-order valence-electron chi connectivity index (χ4n) is 3.56. The molecule has 0 saturated carbocycles. The monoisotopic (exact) mass is 482 g/mol. The van der Waals surface area contributed by atoms with Crippen LogP contribution in [0.1, 0.15) is 45.6 Å². The Kier molecular flexibility index (Phi) is 7.51. The Hall–Kier alpha value is -3.52. The predicted molar refractivity (Wildman–Crippen MR) is 133 cm³/mol. The van der Waals surface area contributed by atoms with Gasteiger partial charge >= 0.3 is 0 Å². The molecule has 0 spiro atoms. The molecule has 0 unspecified atom stereocenters. The molecule has 8 heteroatoms. The summed E-state index contributed by atoms with van der Waals surface area (Å²) in [5.41, 5.74) is 3.88. The van der Waals surface area contributed by atoms with Crippen LogP contribution in [0.5, 0.6) is 11.5 Å². The zero-order valence-corrected chi connectivity index (χ0v) is 21.0. The van der Waals surface area contributed by atoms with E-state index in [4.69, 9.17) is 9.47 Å². The minimum Gasteiger partial charge on any atom is -0.493 e.